The average molecular weight is 524 g/mol. The van der Waals surface area contributed by atoms with E-state index in [-0.39, 0.29) is 12.1 Å². The van der Waals surface area contributed by atoms with E-state index in [0.29, 0.717) is 5.11 Å². The first-order valence-corrected chi connectivity index (χ1v) is 13.6. The Kier molecular flexibility index (Phi) is 6.64. The van der Waals surface area contributed by atoms with Crippen LogP contribution >= 0.6 is 12.2 Å². The van der Waals surface area contributed by atoms with Gasteiger partial charge in [-0.2, -0.15) is 0 Å². The van der Waals surface area contributed by atoms with Crippen LogP contribution in [0.1, 0.15) is 40.3 Å². The second kappa shape index (κ2) is 10.2. The third-order valence-corrected chi connectivity index (χ3v) is 8.06. The molecule has 2 saturated heterocycles. The fourth-order valence-electron chi connectivity index (χ4n) is 5.87. The number of benzene rings is 2. The minimum absolute atomic E-state index is 0.0457. The summed E-state index contributed by atoms with van der Waals surface area (Å²) in [4.78, 5) is 9.37. The first-order valence-electron chi connectivity index (χ1n) is 13.2. The molecule has 38 heavy (non-hydrogen) atoms. The smallest absolute Gasteiger partial charge is 0.174 e. The van der Waals surface area contributed by atoms with Crippen LogP contribution in [0.3, 0.4) is 0 Å². The number of nitrogens with one attached hydrogen (secondary N) is 1. The molecular weight excluding hydrogens is 490 g/mol. The van der Waals surface area contributed by atoms with E-state index in [1.807, 2.05) is 18.3 Å². The van der Waals surface area contributed by atoms with Crippen LogP contribution in [0.2, 0.25) is 0 Å². The number of hydrogen-bond donors (Lipinski definition) is 1. The van der Waals surface area contributed by atoms with E-state index < -0.39 is 0 Å². The molecule has 0 aliphatic carbocycles. The second-order valence-electron chi connectivity index (χ2n) is 10.1. The lowest BCUT2D eigenvalue weighted by Crippen LogP contribution is -2.36. The Balaban J connectivity index is 1.44. The van der Waals surface area contributed by atoms with Gasteiger partial charge in [0.15, 0.2) is 5.11 Å². The molecule has 2 atom stereocenters. The fourth-order valence-corrected chi connectivity index (χ4v) is 6.21. The van der Waals surface area contributed by atoms with Crippen molar-refractivity contribution in [1.29, 1.82) is 0 Å². The summed E-state index contributed by atoms with van der Waals surface area (Å²) in [6, 6.07) is 25.6. The molecule has 6 nitrogen and oxygen atoms in total. The van der Waals surface area contributed by atoms with Gasteiger partial charge in [0.25, 0.3) is 0 Å². The molecular formula is C31H33N5OS. The predicted molar refractivity (Wildman–Crippen MR) is 157 cm³/mol. The molecule has 2 aliphatic heterocycles. The van der Waals surface area contributed by atoms with E-state index in [9.17, 15) is 0 Å². The van der Waals surface area contributed by atoms with Crippen LogP contribution in [0.5, 0.6) is 0 Å². The largest absolute Gasteiger partial charge is 0.378 e. The quantitative estimate of drug-likeness (QED) is 0.333. The van der Waals surface area contributed by atoms with E-state index in [4.69, 9.17) is 21.9 Å². The highest BCUT2D eigenvalue weighted by atomic mass is 32.1. The van der Waals surface area contributed by atoms with Crippen molar-refractivity contribution in [3.63, 3.8) is 0 Å². The molecule has 0 amide bonds. The van der Waals surface area contributed by atoms with Gasteiger partial charge in [0, 0.05) is 47.7 Å². The third kappa shape index (κ3) is 4.36. The van der Waals surface area contributed by atoms with Crippen molar-refractivity contribution in [3.05, 3.63) is 107 Å². The third-order valence-electron chi connectivity index (χ3n) is 7.75. The predicted octanol–water partition coefficient (Wildman–Crippen LogP) is 5.81. The van der Waals surface area contributed by atoms with Crippen molar-refractivity contribution in [2.45, 2.75) is 32.9 Å². The Morgan fingerprint density at radius 1 is 0.895 bits per heavy atom. The van der Waals surface area contributed by atoms with Gasteiger partial charge in [-0.15, -0.1) is 0 Å². The zero-order valence-corrected chi connectivity index (χ0v) is 22.9. The van der Waals surface area contributed by atoms with E-state index in [0.717, 1.165) is 37.7 Å². The minimum atomic E-state index is -0.0755. The molecule has 0 radical (unpaired) electrons. The van der Waals surface area contributed by atoms with Gasteiger partial charge in [0.1, 0.15) is 0 Å². The van der Waals surface area contributed by atoms with E-state index in [1.54, 1.807) is 0 Å². The fraction of sp³-hybridized carbons (Fsp3) is 0.290. The molecule has 2 aromatic carbocycles. The Morgan fingerprint density at radius 2 is 1.61 bits per heavy atom. The number of rotatable bonds is 5. The first kappa shape index (κ1) is 24.6. The van der Waals surface area contributed by atoms with Crippen LogP contribution in [0.15, 0.2) is 79.0 Å². The monoisotopic (exact) mass is 523 g/mol. The lowest BCUT2D eigenvalue weighted by atomic mass is 9.96. The molecule has 6 rings (SSSR count). The van der Waals surface area contributed by atoms with Crippen molar-refractivity contribution in [2.24, 2.45) is 0 Å². The van der Waals surface area contributed by atoms with Gasteiger partial charge in [-0.05, 0) is 92.6 Å². The van der Waals surface area contributed by atoms with Gasteiger partial charge in [0.2, 0.25) is 0 Å². The van der Waals surface area contributed by atoms with Gasteiger partial charge in [-0.25, -0.2) is 0 Å². The van der Waals surface area contributed by atoms with Crippen LogP contribution in [0.4, 0.5) is 11.4 Å². The minimum Gasteiger partial charge on any atom is -0.378 e. The van der Waals surface area contributed by atoms with Crippen LogP contribution in [0.25, 0.3) is 5.69 Å². The molecule has 4 heterocycles. The molecule has 194 valence electrons. The summed E-state index contributed by atoms with van der Waals surface area (Å²) in [5.74, 6) is 0. The lowest BCUT2D eigenvalue weighted by molar-refractivity contribution is 0.122. The molecule has 7 heteroatoms. The Hall–Kier alpha value is -3.68. The zero-order valence-electron chi connectivity index (χ0n) is 22.1. The average Bonchev–Trinajstić information content (AvgIpc) is 3.45. The number of aromatic nitrogens is 2. The molecule has 4 aromatic rings. The van der Waals surface area contributed by atoms with Crippen molar-refractivity contribution in [2.75, 3.05) is 36.1 Å². The van der Waals surface area contributed by atoms with E-state index >= 15 is 0 Å². The van der Waals surface area contributed by atoms with Crippen molar-refractivity contribution < 1.29 is 4.74 Å². The SMILES string of the molecule is Cc1ccccc1-n1c(C)cc([C@@H]2[C@H](c3ccccn3)NC(=S)N2c2ccc(N3CCOCC3)cc2)c1C. The number of aryl methyl sites for hydroxylation is 2. The van der Waals surface area contributed by atoms with E-state index in [2.05, 4.69) is 101 Å². The number of hydrogen-bond acceptors (Lipinski definition) is 4. The summed E-state index contributed by atoms with van der Waals surface area (Å²) in [6.07, 6.45) is 1.85. The van der Waals surface area contributed by atoms with Gasteiger partial charge < -0.3 is 24.4 Å². The summed E-state index contributed by atoms with van der Waals surface area (Å²) in [5, 5.41) is 4.32. The van der Waals surface area contributed by atoms with Crippen LogP contribution in [-0.4, -0.2) is 41.0 Å². The van der Waals surface area contributed by atoms with Crippen LogP contribution < -0.4 is 15.1 Å². The number of para-hydroxylation sites is 1. The van der Waals surface area contributed by atoms with Crippen molar-refractivity contribution >= 4 is 28.7 Å². The maximum absolute atomic E-state index is 5.99. The normalized spacial score (nSPS) is 19.6. The maximum Gasteiger partial charge on any atom is 0.174 e. The Bertz CT molecular complexity index is 1440. The highest BCUT2D eigenvalue weighted by Gasteiger charge is 2.42. The summed E-state index contributed by atoms with van der Waals surface area (Å²) in [7, 11) is 0. The van der Waals surface area contributed by atoms with Crippen molar-refractivity contribution in [1.82, 2.24) is 14.9 Å². The summed E-state index contributed by atoms with van der Waals surface area (Å²) in [5.41, 5.74) is 9.38. The van der Waals surface area contributed by atoms with Crippen LogP contribution in [0, 0.1) is 20.8 Å². The topological polar surface area (TPSA) is 45.6 Å². The maximum atomic E-state index is 5.99. The molecule has 2 fully saturated rings. The standard InChI is InChI=1S/C31H33N5OS/c1-21-8-4-5-10-28(21)35-22(2)20-26(23(35)3)30-29(27-9-6-7-15-32-27)33-31(38)36(30)25-13-11-24(12-14-25)34-16-18-37-19-17-34/h4-15,20,29-30H,16-19H2,1-3H3,(H,33,38)/t29-,30+/m0/s1. The summed E-state index contributed by atoms with van der Waals surface area (Å²) in [6.45, 7) is 9.93. The zero-order chi connectivity index (χ0) is 26.2. The number of ether oxygens (including phenoxy) is 1. The van der Waals surface area contributed by atoms with Gasteiger partial charge in [0.05, 0.1) is 31.0 Å². The lowest BCUT2D eigenvalue weighted by Gasteiger charge is -2.31. The molecule has 0 saturated carbocycles. The second-order valence-corrected chi connectivity index (χ2v) is 10.4. The summed E-state index contributed by atoms with van der Waals surface area (Å²) >= 11 is 5.99. The number of anilines is 2. The molecule has 0 spiro atoms. The number of morpholine rings is 1. The molecule has 1 N–H and O–H groups in total. The highest BCUT2D eigenvalue weighted by Crippen LogP contribution is 2.44. The molecule has 0 unspecified atom stereocenters. The highest BCUT2D eigenvalue weighted by molar-refractivity contribution is 7.80. The van der Waals surface area contributed by atoms with Gasteiger partial charge >= 0.3 is 0 Å². The molecule has 2 aromatic heterocycles. The Morgan fingerprint density at radius 3 is 2.32 bits per heavy atom. The number of pyridine rings is 1. The van der Waals surface area contributed by atoms with Gasteiger partial charge in [-0.1, -0.05) is 24.3 Å². The molecule has 0 bridgehead atoms. The van der Waals surface area contributed by atoms with E-state index in [1.165, 1.54) is 33.9 Å². The first-order chi connectivity index (χ1) is 18.5. The Labute approximate surface area is 229 Å². The van der Waals surface area contributed by atoms with Crippen LogP contribution in [-0.2, 0) is 4.74 Å². The van der Waals surface area contributed by atoms with Crippen molar-refractivity contribution in [3.8, 4) is 5.69 Å². The molecule has 2 aliphatic rings. The number of nitrogens with zero attached hydrogens (tertiary/aromatic N) is 4. The summed E-state index contributed by atoms with van der Waals surface area (Å²) < 4.78 is 7.90. The van der Waals surface area contributed by atoms with Gasteiger partial charge in [-0.3, -0.25) is 4.98 Å². The number of thiocarbonyl (C=S) groups is 1.